The Balaban J connectivity index is 1.92. The standard InChI is InChI=1S/C11H15N5S/c1-8-5-10(16-11(12-2)15-8)13-4-3-9-6-17-7-14-9/h5-7H,3-4H2,1-2H3,(H2,12,13,15,16). The summed E-state index contributed by atoms with van der Waals surface area (Å²) in [6, 6.07) is 1.93. The lowest BCUT2D eigenvalue weighted by atomic mass is 10.3. The largest absolute Gasteiger partial charge is 0.370 e. The van der Waals surface area contributed by atoms with E-state index in [4.69, 9.17) is 0 Å². The van der Waals surface area contributed by atoms with Gasteiger partial charge in [0, 0.05) is 37.2 Å². The summed E-state index contributed by atoms with van der Waals surface area (Å²) in [5, 5.41) is 8.27. The number of thiazole rings is 1. The molecule has 0 aliphatic carbocycles. The Morgan fingerprint density at radius 1 is 1.35 bits per heavy atom. The second-order valence-corrected chi connectivity index (χ2v) is 4.34. The fourth-order valence-corrected chi connectivity index (χ4v) is 2.04. The van der Waals surface area contributed by atoms with Crippen LogP contribution in [0, 0.1) is 6.92 Å². The predicted octanol–water partition coefficient (Wildman–Crippen LogP) is 1.94. The smallest absolute Gasteiger partial charge is 0.224 e. The van der Waals surface area contributed by atoms with Gasteiger partial charge in [-0.2, -0.15) is 4.98 Å². The lowest BCUT2D eigenvalue weighted by molar-refractivity contribution is 0.961. The minimum Gasteiger partial charge on any atom is -0.370 e. The summed E-state index contributed by atoms with van der Waals surface area (Å²) < 4.78 is 0. The highest BCUT2D eigenvalue weighted by Crippen LogP contribution is 2.09. The predicted molar refractivity (Wildman–Crippen MR) is 70.6 cm³/mol. The summed E-state index contributed by atoms with van der Waals surface area (Å²) in [7, 11) is 1.81. The average Bonchev–Trinajstić information content (AvgIpc) is 2.81. The first-order valence-corrected chi connectivity index (χ1v) is 6.36. The summed E-state index contributed by atoms with van der Waals surface area (Å²) in [6.07, 6.45) is 0.904. The summed E-state index contributed by atoms with van der Waals surface area (Å²) in [4.78, 5) is 12.8. The zero-order chi connectivity index (χ0) is 12.1. The molecule has 0 aliphatic heterocycles. The zero-order valence-corrected chi connectivity index (χ0v) is 10.7. The molecule has 6 heteroatoms. The number of hydrogen-bond donors (Lipinski definition) is 2. The molecule has 2 aromatic rings. The monoisotopic (exact) mass is 249 g/mol. The first-order chi connectivity index (χ1) is 8.28. The quantitative estimate of drug-likeness (QED) is 0.848. The number of rotatable bonds is 5. The van der Waals surface area contributed by atoms with Crippen molar-refractivity contribution in [2.24, 2.45) is 0 Å². The normalized spacial score (nSPS) is 10.2. The van der Waals surface area contributed by atoms with Crippen LogP contribution in [-0.4, -0.2) is 28.5 Å². The van der Waals surface area contributed by atoms with Crippen molar-refractivity contribution in [1.29, 1.82) is 0 Å². The molecule has 0 unspecified atom stereocenters. The van der Waals surface area contributed by atoms with E-state index in [0.29, 0.717) is 5.95 Å². The highest BCUT2D eigenvalue weighted by molar-refractivity contribution is 7.07. The van der Waals surface area contributed by atoms with Gasteiger partial charge in [0.2, 0.25) is 5.95 Å². The molecular formula is C11H15N5S. The zero-order valence-electron chi connectivity index (χ0n) is 9.90. The van der Waals surface area contributed by atoms with E-state index < -0.39 is 0 Å². The van der Waals surface area contributed by atoms with E-state index in [0.717, 1.165) is 30.2 Å². The Hall–Kier alpha value is -1.69. The van der Waals surface area contributed by atoms with Gasteiger partial charge in [0.05, 0.1) is 11.2 Å². The van der Waals surface area contributed by atoms with E-state index in [1.165, 1.54) is 0 Å². The highest BCUT2D eigenvalue weighted by atomic mass is 32.1. The summed E-state index contributed by atoms with van der Waals surface area (Å²) in [5.74, 6) is 1.48. The number of nitrogens with zero attached hydrogens (tertiary/aromatic N) is 3. The van der Waals surface area contributed by atoms with Gasteiger partial charge in [0.15, 0.2) is 0 Å². The van der Waals surface area contributed by atoms with E-state index in [1.54, 1.807) is 11.3 Å². The molecule has 0 atom stereocenters. The van der Waals surface area contributed by atoms with E-state index >= 15 is 0 Å². The summed E-state index contributed by atoms with van der Waals surface area (Å²) >= 11 is 1.62. The van der Waals surface area contributed by atoms with Crippen molar-refractivity contribution in [3.63, 3.8) is 0 Å². The van der Waals surface area contributed by atoms with Crippen molar-refractivity contribution in [2.45, 2.75) is 13.3 Å². The van der Waals surface area contributed by atoms with Crippen molar-refractivity contribution < 1.29 is 0 Å². The molecule has 0 saturated heterocycles. The fraction of sp³-hybridized carbons (Fsp3) is 0.364. The second-order valence-electron chi connectivity index (χ2n) is 3.62. The Labute approximate surface area is 104 Å². The molecule has 0 saturated carbocycles. The minimum absolute atomic E-state index is 0.640. The molecule has 2 aromatic heterocycles. The van der Waals surface area contributed by atoms with E-state index in [-0.39, 0.29) is 0 Å². The van der Waals surface area contributed by atoms with Crippen LogP contribution in [0.15, 0.2) is 17.0 Å². The third-order valence-electron chi connectivity index (χ3n) is 2.25. The molecule has 5 nitrogen and oxygen atoms in total. The van der Waals surface area contributed by atoms with Crippen LogP contribution in [0.5, 0.6) is 0 Å². The van der Waals surface area contributed by atoms with Gasteiger partial charge in [-0.25, -0.2) is 9.97 Å². The molecule has 2 N–H and O–H groups in total. The van der Waals surface area contributed by atoms with E-state index in [2.05, 4.69) is 31.0 Å². The molecule has 0 radical (unpaired) electrons. The van der Waals surface area contributed by atoms with Crippen LogP contribution in [-0.2, 0) is 6.42 Å². The topological polar surface area (TPSA) is 62.7 Å². The maximum Gasteiger partial charge on any atom is 0.224 e. The van der Waals surface area contributed by atoms with E-state index in [9.17, 15) is 0 Å². The third-order valence-corrected chi connectivity index (χ3v) is 2.88. The maximum atomic E-state index is 4.32. The van der Waals surface area contributed by atoms with Gasteiger partial charge in [0.1, 0.15) is 5.82 Å². The van der Waals surface area contributed by atoms with Gasteiger partial charge in [-0.3, -0.25) is 0 Å². The molecule has 0 aliphatic rings. The lowest BCUT2D eigenvalue weighted by Gasteiger charge is -2.07. The first-order valence-electron chi connectivity index (χ1n) is 5.42. The number of nitrogens with one attached hydrogen (secondary N) is 2. The Morgan fingerprint density at radius 2 is 2.24 bits per heavy atom. The van der Waals surface area contributed by atoms with Gasteiger partial charge in [-0.15, -0.1) is 11.3 Å². The Morgan fingerprint density at radius 3 is 2.94 bits per heavy atom. The SMILES string of the molecule is CNc1nc(C)cc(NCCc2cscn2)n1. The molecule has 2 heterocycles. The summed E-state index contributed by atoms with van der Waals surface area (Å²) in [6.45, 7) is 2.78. The lowest BCUT2D eigenvalue weighted by Crippen LogP contribution is -2.08. The minimum atomic E-state index is 0.640. The number of aryl methyl sites for hydroxylation is 1. The Kier molecular flexibility index (Phi) is 3.87. The van der Waals surface area contributed by atoms with Gasteiger partial charge < -0.3 is 10.6 Å². The maximum absolute atomic E-state index is 4.32. The number of aromatic nitrogens is 3. The molecular weight excluding hydrogens is 234 g/mol. The van der Waals surface area contributed by atoms with Crippen LogP contribution in [0.25, 0.3) is 0 Å². The number of anilines is 2. The van der Waals surface area contributed by atoms with Crippen LogP contribution in [0.3, 0.4) is 0 Å². The van der Waals surface area contributed by atoms with Gasteiger partial charge in [-0.1, -0.05) is 0 Å². The number of hydrogen-bond acceptors (Lipinski definition) is 6. The van der Waals surface area contributed by atoms with E-state index in [1.807, 2.05) is 25.5 Å². The third kappa shape index (κ3) is 3.39. The molecule has 0 spiro atoms. The second kappa shape index (κ2) is 5.58. The van der Waals surface area contributed by atoms with Crippen LogP contribution in [0.1, 0.15) is 11.4 Å². The van der Waals surface area contributed by atoms with Crippen molar-refractivity contribution >= 4 is 23.1 Å². The van der Waals surface area contributed by atoms with Crippen molar-refractivity contribution in [3.05, 3.63) is 28.3 Å². The molecule has 0 bridgehead atoms. The molecule has 0 fully saturated rings. The van der Waals surface area contributed by atoms with Crippen LogP contribution >= 0.6 is 11.3 Å². The van der Waals surface area contributed by atoms with Crippen molar-refractivity contribution in [2.75, 3.05) is 24.2 Å². The first kappa shape index (κ1) is 11.8. The molecule has 0 aromatic carbocycles. The average molecular weight is 249 g/mol. The van der Waals surface area contributed by atoms with Crippen LogP contribution < -0.4 is 10.6 Å². The fourth-order valence-electron chi connectivity index (χ4n) is 1.45. The van der Waals surface area contributed by atoms with Crippen LogP contribution in [0.2, 0.25) is 0 Å². The van der Waals surface area contributed by atoms with Gasteiger partial charge in [0.25, 0.3) is 0 Å². The van der Waals surface area contributed by atoms with Crippen molar-refractivity contribution in [3.8, 4) is 0 Å². The van der Waals surface area contributed by atoms with Gasteiger partial charge >= 0.3 is 0 Å². The van der Waals surface area contributed by atoms with Gasteiger partial charge in [-0.05, 0) is 6.92 Å². The highest BCUT2D eigenvalue weighted by Gasteiger charge is 2.00. The van der Waals surface area contributed by atoms with Crippen molar-refractivity contribution in [1.82, 2.24) is 15.0 Å². The molecule has 90 valence electrons. The molecule has 17 heavy (non-hydrogen) atoms. The molecule has 2 rings (SSSR count). The molecule has 0 amide bonds. The summed E-state index contributed by atoms with van der Waals surface area (Å²) in [5.41, 5.74) is 3.91. The van der Waals surface area contributed by atoms with Crippen LogP contribution in [0.4, 0.5) is 11.8 Å². The Bertz CT molecular complexity index is 469.